The normalized spacial score (nSPS) is 17.9. The fourth-order valence-corrected chi connectivity index (χ4v) is 2.88. The third-order valence-corrected chi connectivity index (χ3v) is 3.92. The van der Waals surface area contributed by atoms with E-state index in [4.69, 9.17) is 4.74 Å². The summed E-state index contributed by atoms with van der Waals surface area (Å²) in [4.78, 5) is 13.8. The van der Waals surface area contributed by atoms with Crippen LogP contribution in [0.1, 0.15) is 66.7 Å². The van der Waals surface area contributed by atoms with Crippen LogP contribution in [0.4, 0.5) is 4.79 Å². The van der Waals surface area contributed by atoms with Crippen LogP contribution in [0, 0.1) is 5.92 Å². The largest absolute Gasteiger partial charge is 0.418 e. The fourth-order valence-electron chi connectivity index (χ4n) is 2.88. The second kappa shape index (κ2) is 7.56. The number of rotatable bonds is 4. The molecule has 0 N–H and O–H groups in total. The van der Waals surface area contributed by atoms with Crippen LogP contribution in [0.3, 0.4) is 0 Å². The topological polar surface area (TPSA) is 29.5 Å². The number of nitrogens with zero attached hydrogens (tertiary/aromatic N) is 1. The molecule has 1 rings (SSSR count). The van der Waals surface area contributed by atoms with E-state index in [1.54, 1.807) is 11.2 Å². The second-order valence-corrected chi connectivity index (χ2v) is 6.18. The molecule has 0 radical (unpaired) electrons. The van der Waals surface area contributed by atoms with Crippen LogP contribution in [0.25, 0.3) is 0 Å². The van der Waals surface area contributed by atoms with Crippen molar-refractivity contribution < 1.29 is 9.53 Å². The summed E-state index contributed by atoms with van der Waals surface area (Å²) in [6, 6.07) is 0.326. The number of hydrogen-bond donors (Lipinski definition) is 0. The minimum atomic E-state index is -0.236. The number of carbonyl (C=O) groups excluding carboxylic acids is 1. The molecule has 0 atom stereocenters. The van der Waals surface area contributed by atoms with Gasteiger partial charge in [0.05, 0.1) is 6.26 Å². The number of amides is 1. The highest BCUT2D eigenvalue weighted by Gasteiger charge is 2.21. The zero-order chi connectivity index (χ0) is 14.4. The van der Waals surface area contributed by atoms with Gasteiger partial charge in [-0.15, -0.1) is 0 Å². The molecule has 0 aromatic heterocycles. The SMILES string of the molecule is C/C(=C\OC(=O)N(C(C)C)C(C)C)C1CCCCC1. The molecule has 0 bridgehead atoms. The molecule has 0 heterocycles. The molecule has 1 saturated carbocycles. The first-order chi connectivity index (χ1) is 8.93. The predicted octanol–water partition coefficient (Wildman–Crippen LogP) is 4.73. The zero-order valence-electron chi connectivity index (χ0n) is 13.1. The average Bonchev–Trinajstić information content (AvgIpc) is 2.36. The van der Waals surface area contributed by atoms with E-state index >= 15 is 0 Å². The lowest BCUT2D eigenvalue weighted by Gasteiger charge is -2.29. The molecule has 19 heavy (non-hydrogen) atoms. The van der Waals surface area contributed by atoms with Gasteiger partial charge in [-0.1, -0.05) is 19.3 Å². The standard InChI is InChI=1S/C16H29NO2/c1-12(2)17(13(3)4)16(18)19-11-14(5)15-9-7-6-8-10-15/h11-13,15H,6-10H2,1-5H3/b14-11+. The zero-order valence-corrected chi connectivity index (χ0v) is 13.1. The van der Waals surface area contributed by atoms with Crippen molar-refractivity contribution in [2.45, 2.75) is 78.8 Å². The van der Waals surface area contributed by atoms with Gasteiger partial charge in [0.2, 0.25) is 0 Å². The summed E-state index contributed by atoms with van der Waals surface area (Å²) < 4.78 is 5.37. The molecular formula is C16H29NO2. The first-order valence-electron chi connectivity index (χ1n) is 7.59. The van der Waals surface area contributed by atoms with Crippen LogP contribution in [-0.4, -0.2) is 23.1 Å². The number of ether oxygens (including phenoxy) is 1. The Morgan fingerprint density at radius 1 is 1.11 bits per heavy atom. The first-order valence-corrected chi connectivity index (χ1v) is 7.59. The van der Waals surface area contributed by atoms with Crippen molar-refractivity contribution >= 4 is 6.09 Å². The molecule has 0 spiro atoms. The molecule has 0 aliphatic heterocycles. The van der Waals surface area contributed by atoms with Crippen molar-refractivity contribution in [3.63, 3.8) is 0 Å². The summed E-state index contributed by atoms with van der Waals surface area (Å²) in [7, 11) is 0. The Bertz CT molecular complexity index is 307. The van der Waals surface area contributed by atoms with Gasteiger partial charge in [-0.2, -0.15) is 0 Å². The highest BCUT2D eigenvalue weighted by Crippen LogP contribution is 2.29. The van der Waals surface area contributed by atoms with Crippen molar-refractivity contribution in [2.24, 2.45) is 5.92 Å². The second-order valence-electron chi connectivity index (χ2n) is 6.18. The quantitative estimate of drug-likeness (QED) is 0.689. The van der Waals surface area contributed by atoms with Crippen molar-refractivity contribution in [3.05, 3.63) is 11.8 Å². The van der Waals surface area contributed by atoms with Crippen LogP contribution in [0.15, 0.2) is 11.8 Å². The third-order valence-electron chi connectivity index (χ3n) is 3.92. The Labute approximate surface area is 118 Å². The number of allylic oxidation sites excluding steroid dienone is 1. The predicted molar refractivity (Wildman–Crippen MR) is 78.9 cm³/mol. The molecule has 3 heteroatoms. The lowest BCUT2D eigenvalue weighted by atomic mass is 9.85. The van der Waals surface area contributed by atoms with Gasteiger partial charge in [-0.3, -0.25) is 0 Å². The summed E-state index contributed by atoms with van der Waals surface area (Å²) in [5.74, 6) is 0.605. The third kappa shape index (κ3) is 4.88. The van der Waals surface area contributed by atoms with Crippen molar-refractivity contribution in [2.75, 3.05) is 0 Å². The molecule has 0 aromatic rings. The maximum Gasteiger partial charge on any atom is 0.415 e. The summed E-state index contributed by atoms with van der Waals surface area (Å²) in [6.45, 7) is 10.1. The Kier molecular flexibility index (Phi) is 6.40. The smallest absolute Gasteiger partial charge is 0.415 e. The summed E-state index contributed by atoms with van der Waals surface area (Å²) >= 11 is 0. The molecule has 1 aliphatic carbocycles. The van der Waals surface area contributed by atoms with Gasteiger partial charge in [0.15, 0.2) is 0 Å². The van der Waals surface area contributed by atoms with E-state index in [0.29, 0.717) is 5.92 Å². The van der Waals surface area contributed by atoms with E-state index < -0.39 is 0 Å². The Hall–Kier alpha value is -0.990. The minimum absolute atomic E-state index is 0.163. The minimum Gasteiger partial charge on any atom is -0.418 e. The fraction of sp³-hybridized carbons (Fsp3) is 0.812. The molecule has 110 valence electrons. The average molecular weight is 267 g/mol. The molecular weight excluding hydrogens is 238 g/mol. The van der Waals surface area contributed by atoms with E-state index in [-0.39, 0.29) is 18.2 Å². The molecule has 0 unspecified atom stereocenters. The summed E-state index contributed by atoms with van der Waals surface area (Å²) in [5, 5.41) is 0. The van der Waals surface area contributed by atoms with E-state index in [1.807, 2.05) is 27.7 Å². The Morgan fingerprint density at radius 2 is 1.63 bits per heavy atom. The van der Waals surface area contributed by atoms with Gasteiger partial charge in [-0.25, -0.2) is 4.79 Å². The van der Waals surface area contributed by atoms with Crippen LogP contribution >= 0.6 is 0 Å². The van der Waals surface area contributed by atoms with Crippen LogP contribution < -0.4 is 0 Å². The maximum atomic E-state index is 12.1. The highest BCUT2D eigenvalue weighted by molar-refractivity contribution is 5.69. The Balaban J connectivity index is 2.55. The van der Waals surface area contributed by atoms with E-state index in [2.05, 4.69) is 6.92 Å². The van der Waals surface area contributed by atoms with Gasteiger partial charge in [0.25, 0.3) is 0 Å². The van der Waals surface area contributed by atoms with Crippen LogP contribution in [0.5, 0.6) is 0 Å². The van der Waals surface area contributed by atoms with Crippen molar-refractivity contribution in [1.82, 2.24) is 4.90 Å². The molecule has 3 nitrogen and oxygen atoms in total. The van der Waals surface area contributed by atoms with Gasteiger partial charge in [0, 0.05) is 12.1 Å². The Morgan fingerprint density at radius 3 is 2.11 bits per heavy atom. The van der Waals surface area contributed by atoms with Crippen molar-refractivity contribution in [1.29, 1.82) is 0 Å². The van der Waals surface area contributed by atoms with Crippen LogP contribution in [-0.2, 0) is 4.74 Å². The summed E-state index contributed by atoms with van der Waals surface area (Å²) in [6.07, 6.45) is 7.85. The summed E-state index contributed by atoms with van der Waals surface area (Å²) in [5.41, 5.74) is 1.21. The van der Waals surface area contributed by atoms with E-state index in [9.17, 15) is 4.79 Å². The van der Waals surface area contributed by atoms with Crippen LogP contribution in [0.2, 0.25) is 0 Å². The highest BCUT2D eigenvalue weighted by atomic mass is 16.5. The number of hydrogen-bond acceptors (Lipinski definition) is 2. The molecule has 0 saturated heterocycles. The monoisotopic (exact) mass is 267 g/mol. The lowest BCUT2D eigenvalue weighted by Crippen LogP contribution is -2.41. The van der Waals surface area contributed by atoms with E-state index in [0.717, 1.165) is 0 Å². The van der Waals surface area contributed by atoms with Gasteiger partial charge in [0.1, 0.15) is 0 Å². The molecule has 1 amide bonds. The molecule has 1 fully saturated rings. The first kappa shape index (κ1) is 16.1. The lowest BCUT2D eigenvalue weighted by molar-refractivity contribution is 0.108. The van der Waals surface area contributed by atoms with Gasteiger partial charge >= 0.3 is 6.09 Å². The van der Waals surface area contributed by atoms with Gasteiger partial charge < -0.3 is 9.64 Å². The van der Waals surface area contributed by atoms with Crippen molar-refractivity contribution in [3.8, 4) is 0 Å². The number of carbonyl (C=O) groups is 1. The maximum absolute atomic E-state index is 12.1. The molecule has 1 aliphatic rings. The van der Waals surface area contributed by atoms with Gasteiger partial charge in [-0.05, 0) is 59.0 Å². The van der Waals surface area contributed by atoms with E-state index in [1.165, 1.54) is 37.7 Å². The molecule has 0 aromatic carbocycles.